The Hall–Kier alpha value is -2.80. The number of benzene rings is 2. The summed E-state index contributed by atoms with van der Waals surface area (Å²) in [5, 5.41) is 2.66. The number of hydrogen-bond donors (Lipinski definition) is 2. The van der Waals surface area contributed by atoms with Gasteiger partial charge in [-0.3, -0.25) is 9.59 Å². The molecule has 0 aliphatic heterocycles. The van der Waals surface area contributed by atoms with Crippen LogP contribution in [0.15, 0.2) is 30.3 Å². The van der Waals surface area contributed by atoms with Gasteiger partial charge in [-0.15, -0.1) is 0 Å². The molecule has 2 amide bonds. The minimum absolute atomic E-state index is 0.0330. The number of methoxy groups -OCH3 is 2. The van der Waals surface area contributed by atoms with Crippen LogP contribution in [0, 0.1) is 5.82 Å². The minimum atomic E-state index is -0.764. The Bertz CT molecular complexity index is 806. The van der Waals surface area contributed by atoms with Gasteiger partial charge in [0.15, 0.2) is 11.5 Å². The largest absolute Gasteiger partial charge is 0.493 e. The molecule has 0 unspecified atom stereocenters. The van der Waals surface area contributed by atoms with Gasteiger partial charge >= 0.3 is 0 Å². The average molecular weight is 367 g/mol. The van der Waals surface area contributed by atoms with Crippen LogP contribution in [-0.2, 0) is 11.2 Å². The topological polar surface area (TPSA) is 90.6 Å². The minimum Gasteiger partial charge on any atom is -0.493 e. The molecule has 0 saturated carbocycles. The summed E-state index contributed by atoms with van der Waals surface area (Å²) >= 11 is 5.91. The van der Waals surface area contributed by atoms with E-state index in [0.717, 1.165) is 0 Å². The van der Waals surface area contributed by atoms with Crippen molar-refractivity contribution in [2.75, 3.05) is 19.5 Å². The maximum Gasteiger partial charge on any atom is 0.250 e. The van der Waals surface area contributed by atoms with Crippen LogP contribution < -0.4 is 20.5 Å². The van der Waals surface area contributed by atoms with Gasteiger partial charge in [-0.05, 0) is 18.2 Å². The zero-order valence-corrected chi connectivity index (χ0v) is 14.3. The molecule has 0 aromatic heterocycles. The predicted octanol–water partition coefficient (Wildman–Crippen LogP) is 2.78. The molecule has 0 spiro atoms. The van der Waals surface area contributed by atoms with E-state index in [-0.39, 0.29) is 34.0 Å². The number of hydrogen-bond acceptors (Lipinski definition) is 4. The van der Waals surface area contributed by atoms with Crippen molar-refractivity contribution >= 4 is 29.1 Å². The lowest BCUT2D eigenvalue weighted by Crippen LogP contribution is -2.20. The first-order chi connectivity index (χ1) is 11.9. The molecule has 3 N–H and O–H groups in total. The van der Waals surface area contributed by atoms with Gasteiger partial charge < -0.3 is 20.5 Å². The highest BCUT2D eigenvalue weighted by Crippen LogP contribution is 2.33. The first kappa shape index (κ1) is 18.5. The maximum atomic E-state index is 13.8. The molecule has 0 aliphatic carbocycles. The zero-order chi connectivity index (χ0) is 18.6. The number of nitrogens with two attached hydrogens (primary N) is 1. The van der Waals surface area contributed by atoms with Crippen LogP contribution in [0.1, 0.15) is 15.9 Å². The first-order valence-electron chi connectivity index (χ1n) is 7.16. The molecule has 8 heteroatoms. The third kappa shape index (κ3) is 4.19. The van der Waals surface area contributed by atoms with Crippen LogP contribution in [0.2, 0.25) is 5.02 Å². The monoisotopic (exact) mass is 366 g/mol. The molecule has 0 radical (unpaired) electrons. The van der Waals surface area contributed by atoms with E-state index in [4.69, 9.17) is 26.8 Å². The molecule has 0 fully saturated rings. The van der Waals surface area contributed by atoms with Crippen LogP contribution in [-0.4, -0.2) is 26.0 Å². The van der Waals surface area contributed by atoms with E-state index in [1.165, 1.54) is 44.6 Å². The molecule has 0 heterocycles. The van der Waals surface area contributed by atoms with Gasteiger partial charge in [0.1, 0.15) is 5.82 Å². The summed E-state index contributed by atoms with van der Waals surface area (Å²) < 4.78 is 24.0. The number of halogens is 2. The fourth-order valence-electron chi connectivity index (χ4n) is 2.24. The SMILES string of the molecule is COc1cc(NC(=O)Cc2c(F)cccc2Cl)c(C(N)=O)cc1OC. The van der Waals surface area contributed by atoms with Crippen LogP contribution in [0.4, 0.5) is 10.1 Å². The summed E-state index contributed by atoms with van der Waals surface area (Å²) in [6.45, 7) is 0. The quantitative estimate of drug-likeness (QED) is 0.822. The number of nitrogens with one attached hydrogen (secondary N) is 1. The van der Waals surface area contributed by atoms with Crippen LogP contribution >= 0.6 is 11.6 Å². The summed E-state index contributed by atoms with van der Waals surface area (Å²) in [5.41, 5.74) is 5.56. The van der Waals surface area contributed by atoms with Crippen molar-refractivity contribution in [3.05, 3.63) is 52.3 Å². The van der Waals surface area contributed by atoms with E-state index in [9.17, 15) is 14.0 Å². The second-order valence-corrected chi connectivity index (χ2v) is 5.45. The zero-order valence-electron chi connectivity index (χ0n) is 13.6. The van der Waals surface area contributed by atoms with E-state index in [1.807, 2.05) is 0 Å². The number of ether oxygens (including phenoxy) is 2. The molecular formula is C17H16ClFN2O4. The molecule has 2 aromatic carbocycles. The standard InChI is InChI=1S/C17H16ClFN2O4/c1-24-14-6-10(17(20)23)13(8-15(14)25-2)21-16(22)7-9-11(18)4-3-5-12(9)19/h3-6,8H,7H2,1-2H3,(H2,20,23)(H,21,22). The highest BCUT2D eigenvalue weighted by molar-refractivity contribution is 6.31. The molecule has 2 aromatic rings. The van der Waals surface area contributed by atoms with E-state index in [1.54, 1.807) is 0 Å². The Labute approximate surface area is 148 Å². The fourth-order valence-corrected chi connectivity index (χ4v) is 2.47. The Morgan fingerprint density at radius 3 is 2.40 bits per heavy atom. The molecular weight excluding hydrogens is 351 g/mol. The van der Waals surface area contributed by atoms with Gasteiger partial charge in [-0.25, -0.2) is 4.39 Å². The van der Waals surface area contributed by atoms with Gasteiger partial charge in [0.25, 0.3) is 5.91 Å². The smallest absolute Gasteiger partial charge is 0.250 e. The molecule has 2 rings (SSSR count). The van der Waals surface area contributed by atoms with E-state index >= 15 is 0 Å². The van der Waals surface area contributed by atoms with Crippen molar-refractivity contribution in [1.29, 1.82) is 0 Å². The highest BCUT2D eigenvalue weighted by atomic mass is 35.5. The van der Waals surface area contributed by atoms with Crippen molar-refractivity contribution in [3.8, 4) is 11.5 Å². The molecule has 0 bridgehead atoms. The van der Waals surface area contributed by atoms with E-state index in [0.29, 0.717) is 5.75 Å². The Balaban J connectivity index is 2.32. The number of anilines is 1. The second kappa shape index (κ2) is 7.85. The van der Waals surface area contributed by atoms with Gasteiger partial charge in [-0.1, -0.05) is 17.7 Å². The Kier molecular flexibility index (Phi) is 5.82. The maximum absolute atomic E-state index is 13.8. The lowest BCUT2D eigenvalue weighted by atomic mass is 10.1. The van der Waals surface area contributed by atoms with Crippen molar-refractivity contribution in [3.63, 3.8) is 0 Å². The normalized spacial score (nSPS) is 10.2. The fraction of sp³-hybridized carbons (Fsp3) is 0.176. The van der Waals surface area contributed by atoms with E-state index < -0.39 is 17.6 Å². The van der Waals surface area contributed by atoms with Crippen molar-refractivity contribution in [2.24, 2.45) is 5.73 Å². The van der Waals surface area contributed by atoms with Gasteiger partial charge in [0, 0.05) is 16.7 Å². The van der Waals surface area contributed by atoms with Crippen molar-refractivity contribution in [1.82, 2.24) is 0 Å². The van der Waals surface area contributed by atoms with E-state index in [2.05, 4.69) is 5.32 Å². The average Bonchev–Trinajstić information content (AvgIpc) is 2.57. The number of primary amides is 1. The lowest BCUT2D eigenvalue weighted by molar-refractivity contribution is -0.115. The van der Waals surface area contributed by atoms with Gasteiger partial charge in [-0.2, -0.15) is 0 Å². The van der Waals surface area contributed by atoms with Crippen LogP contribution in [0.25, 0.3) is 0 Å². The number of carbonyl (C=O) groups is 2. The summed E-state index contributed by atoms with van der Waals surface area (Å²) in [6.07, 6.45) is -0.307. The van der Waals surface area contributed by atoms with Gasteiger partial charge in [0.05, 0.1) is 31.9 Å². The lowest BCUT2D eigenvalue weighted by Gasteiger charge is -2.14. The third-order valence-corrected chi connectivity index (χ3v) is 3.82. The molecule has 132 valence electrons. The second-order valence-electron chi connectivity index (χ2n) is 5.04. The first-order valence-corrected chi connectivity index (χ1v) is 7.53. The third-order valence-electron chi connectivity index (χ3n) is 3.46. The summed E-state index contributed by atoms with van der Waals surface area (Å²) in [5.74, 6) is -1.34. The molecule has 25 heavy (non-hydrogen) atoms. The predicted molar refractivity (Wildman–Crippen MR) is 91.8 cm³/mol. The van der Waals surface area contributed by atoms with Crippen LogP contribution in [0.5, 0.6) is 11.5 Å². The Morgan fingerprint density at radius 2 is 1.84 bits per heavy atom. The summed E-state index contributed by atoms with van der Waals surface area (Å²) in [6, 6.07) is 6.89. The van der Waals surface area contributed by atoms with Crippen molar-refractivity contribution in [2.45, 2.75) is 6.42 Å². The summed E-state index contributed by atoms with van der Waals surface area (Å²) in [4.78, 5) is 23.9. The number of carbonyl (C=O) groups excluding carboxylic acids is 2. The highest BCUT2D eigenvalue weighted by Gasteiger charge is 2.18. The summed E-state index contributed by atoms with van der Waals surface area (Å²) in [7, 11) is 2.81. The number of rotatable bonds is 6. The molecule has 6 nitrogen and oxygen atoms in total. The number of amides is 2. The van der Waals surface area contributed by atoms with Crippen LogP contribution in [0.3, 0.4) is 0 Å². The molecule has 0 saturated heterocycles. The Morgan fingerprint density at radius 1 is 1.20 bits per heavy atom. The molecule has 0 aliphatic rings. The van der Waals surface area contributed by atoms with Crippen molar-refractivity contribution < 1.29 is 23.5 Å². The van der Waals surface area contributed by atoms with Gasteiger partial charge in [0.2, 0.25) is 5.91 Å². The molecule has 0 atom stereocenters.